The molecule has 1 aromatic heterocycles. The Morgan fingerprint density at radius 1 is 1.18 bits per heavy atom. The number of hydrogen-bond acceptors (Lipinski definition) is 7. The zero-order valence-corrected chi connectivity index (χ0v) is 19.2. The van der Waals surface area contributed by atoms with Gasteiger partial charge < -0.3 is 14.9 Å². The maximum atomic E-state index is 12.9. The van der Waals surface area contributed by atoms with Crippen molar-refractivity contribution in [3.05, 3.63) is 54.1 Å². The molecule has 2 aromatic carbocycles. The van der Waals surface area contributed by atoms with Crippen LogP contribution in [0.2, 0.25) is 0 Å². The first kappa shape index (κ1) is 23.1. The molecule has 0 saturated carbocycles. The Hall–Kier alpha value is -3.02. The van der Waals surface area contributed by atoms with Crippen LogP contribution >= 0.6 is 0 Å². The molecule has 0 bridgehead atoms. The van der Waals surface area contributed by atoms with E-state index in [1.54, 1.807) is 6.07 Å². The Kier molecular flexibility index (Phi) is 7.21. The maximum absolute atomic E-state index is 12.9. The summed E-state index contributed by atoms with van der Waals surface area (Å²) in [6.45, 7) is 3.00. The van der Waals surface area contributed by atoms with Crippen molar-refractivity contribution < 1.29 is 22.8 Å². The van der Waals surface area contributed by atoms with Crippen LogP contribution in [0.1, 0.15) is 18.9 Å². The van der Waals surface area contributed by atoms with E-state index >= 15 is 0 Å². The second-order valence-electron chi connectivity index (χ2n) is 7.90. The van der Waals surface area contributed by atoms with Gasteiger partial charge in [-0.15, -0.1) is 5.10 Å². The average molecular weight is 474 g/mol. The number of morpholine rings is 1. The molecule has 10 nitrogen and oxygen atoms in total. The number of carbonyl (C=O) groups excluding carboxylic acids is 1. The van der Waals surface area contributed by atoms with Gasteiger partial charge in [-0.1, -0.05) is 35.2 Å². The molecule has 0 aliphatic carbocycles. The Balaban J connectivity index is 1.36. The molecule has 33 heavy (non-hydrogen) atoms. The first-order chi connectivity index (χ1) is 15.9. The maximum Gasteiger partial charge on any atom is 0.260 e. The summed E-state index contributed by atoms with van der Waals surface area (Å²) in [5.74, 6) is -0.295. The SMILES string of the molecule is C[C@H](CCc1ccccc1)NC(=O)COn1nnc2ccc(S(=O)(=O)N3CCOCC3)cc21. The number of ether oxygens (including phenoxy) is 1. The molecule has 2 heterocycles. The highest BCUT2D eigenvalue weighted by Crippen LogP contribution is 2.21. The van der Waals surface area contributed by atoms with Crippen LogP contribution in [0.25, 0.3) is 11.0 Å². The second kappa shape index (κ2) is 10.3. The predicted molar refractivity (Wildman–Crippen MR) is 121 cm³/mol. The normalized spacial score (nSPS) is 15.9. The highest BCUT2D eigenvalue weighted by Gasteiger charge is 2.27. The third-order valence-corrected chi connectivity index (χ3v) is 7.32. The fourth-order valence-electron chi connectivity index (χ4n) is 3.61. The van der Waals surface area contributed by atoms with Crippen molar-refractivity contribution in [1.29, 1.82) is 0 Å². The van der Waals surface area contributed by atoms with Crippen molar-refractivity contribution >= 4 is 27.0 Å². The molecule has 4 rings (SSSR count). The number of aryl methyl sites for hydroxylation is 1. The molecule has 11 heteroatoms. The van der Waals surface area contributed by atoms with E-state index in [9.17, 15) is 13.2 Å². The van der Waals surface area contributed by atoms with Gasteiger partial charge in [-0.25, -0.2) is 8.42 Å². The van der Waals surface area contributed by atoms with Crippen molar-refractivity contribution in [3.63, 3.8) is 0 Å². The van der Waals surface area contributed by atoms with E-state index in [4.69, 9.17) is 9.57 Å². The van der Waals surface area contributed by atoms with Crippen LogP contribution in [0.15, 0.2) is 53.4 Å². The van der Waals surface area contributed by atoms with Crippen LogP contribution in [-0.4, -0.2) is 72.7 Å². The molecular formula is C22H27N5O5S. The third-order valence-electron chi connectivity index (χ3n) is 5.43. The lowest BCUT2D eigenvalue weighted by atomic mass is 10.1. The number of nitrogens with zero attached hydrogens (tertiary/aromatic N) is 4. The molecule has 1 aliphatic heterocycles. The summed E-state index contributed by atoms with van der Waals surface area (Å²) in [7, 11) is -3.67. The number of aromatic nitrogens is 3. The minimum Gasteiger partial charge on any atom is -0.385 e. The van der Waals surface area contributed by atoms with Crippen molar-refractivity contribution in [1.82, 2.24) is 24.8 Å². The number of carbonyl (C=O) groups is 1. The zero-order valence-electron chi connectivity index (χ0n) is 18.4. The van der Waals surface area contributed by atoms with Gasteiger partial charge >= 0.3 is 0 Å². The fraction of sp³-hybridized carbons (Fsp3) is 0.409. The molecule has 1 amide bonds. The van der Waals surface area contributed by atoms with Crippen LogP contribution in [0, 0.1) is 0 Å². The monoisotopic (exact) mass is 473 g/mol. The van der Waals surface area contributed by atoms with Crippen molar-refractivity contribution in [2.24, 2.45) is 0 Å². The van der Waals surface area contributed by atoms with Crippen LogP contribution in [-0.2, 0) is 26.0 Å². The second-order valence-corrected chi connectivity index (χ2v) is 9.83. The van der Waals surface area contributed by atoms with Crippen LogP contribution in [0.4, 0.5) is 0 Å². The Morgan fingerprint density at radius 3 is 2.70 bits per heavy atom. The zero-order chi connectivity index (χ0) is 23.3. The lowest BCUT2D eigenvalue weighted by Crippen LogP contribution is -2.40. The predicted octanol–water partition coefficient (Wildman–Crippen LogP) is 1.02. The lowest BCUT2D eigenvalue weighted by Gasteiger charge is -2.26. The largest absolute Gasteiger partial charge is 0.385 e. The van der Waals surface area contributed by atoms with Gasteiger partial charge in [0.05, 0.1) is 18.1 Å². The first-order valence-electron chi connectivity index (χ1n) is 10.8. The number of rotatable bonds is 9. The topological polar surface area (TPSA) is 116 Å². The molecule has 0 spiro atoms. The molecule has 0 radical (unpaired) electrons. The molecule has 176 valence electrons. The van der Waals surface area contributed by atoms with Gasteiger partial charge in [0.15, 0.2) is 6.61 Å². The molecule has 3 aromatic rings. The van der Waals surface area contributed by atoms with Gasteiger partial charge in [0.25, 0.3) is 5.91 Å². The summed E-state index contributed by atoms with van der Waals surface area (Å²) in [6, 6.07) is 14.6. The van der Waals surface area contributed by atoms with Gasteiger partial charge in [-0.05, 0) is 48.7 Å². The van der Waals surface area contributed by atoms with Crippen LogP contribution in [0.5, 0.6) is 0 Å². The summed E-state index contributed by atoms with van der Waals surface area (Å²) in [6.07, 6.45) is 1.65. The van der Waals surface area contributed by atoms with E-state index < -0.39 is 10.0 Å². The smallest absolute Gasteiger partial charge is 0.260 e. The number of nitrogens with one attached hydrogen (secondary N) is 1. The van der Waals surface area contributed by atoms with Crippen molar-refractivity contribution in [2.75, 3.05) is 32.9 Å². The summed E-state index contributed by atoms with van der Waals surface area (Å²) in [5, 5.41) is 10.8. The van der Waals surface area contributed by atoms with E-state index in [1.165, 1.54) is 22.0 Å². The quantitative estimate of drug-likeness (QED) is 0.493. The number of sulfonamides is 1. The van der Waals surface area contributed by atoms with Gasteiger partial charge in [0, 0.05) is 19.1 Å². The molecule has 1 N–H and O–H groups in total. The summed E-state index contributed by atoms with van der Waals surface area (Å²) < 4.78 is 32.5. The number of hydrogen-bond donors (Lipinski definition) is 1. The molecule has 0 unspecified atom stereocenters. The minimum atomic E-state index is -3.67. The summed E-state index contributed by atoms with van der Waals surface area (Å²) >= 11 is 0. The fourth-order valence-corrected chi connectivity index (χ4v) is 5.03. The highest BCUT2D eigenvalue weighted by molar-refractivity contribution is 7.89. The van der Waals surface area contributed by atoms with E-state index in [0.29, 0.717) is 37.3 Å². The third kappa shape index (κ3) is 5.67. The number of benzene rings is 2. The Morgan fingerprint density at radius 2 is 1.94 bits per heavy atom. The van der Waals surface area contributed by atoms with Crippen LogP contribution < -0.4 is 10.2 Å². The molecule has 1 saturated heterocycles. The van der Waals surface area contributed by atoms with E-state index in [1.807, 2.05) is 25.1 Å². The molecule has 1 fully saturated rings. The Labute approximate surface area is 192 Å². The van der Waals surface area contributed by atoms with Crippen molar-refractivity contribution in [3.8, 4) is 0 Å². The highest BCUT2D eigenvalue weighted by atomic mass is 32.2. The van der Waals surface area contributed by atoms with E-state index in [-0.39, 0.29) is 23.5 Å². The Bertz CT molecular complexity index is 1190. The van der Waals surface area contributed by atoms with Gasteiger partial charge in [0.2, 0.25) is 10.0 Å². The van der Waals surface area contributed by atoms with Crippen LogP contribution in [0.3, 0.4) is 0 Å². The van der Waals surface area contributed by atoms with E-state index in [0.717, 1.165) is 17.7 Å². The number of amides is 1. The van der Waals surface area contributed by atoms with Gasteiger partial charge in [-0.3, -0.25) is 4.79 Å². The summed E-state index contributed by atoms with van der Waals surface area (Å²) in [4.78, 5) is 19.0. The molecule has 1 aliphatic rings. The van der Waals surface area contributed by atoms with Crippen molar-refractivity contribution in [2.45, 2.75) is 30.7 Å². The van der Waals surface area contributed by atoms with E-state index in [2.05, 4.69) is 27.8 Å². The van der Waals surface area contributed by atoms with Gasteiger partial charge in [-0.2, -0.15) is 4.31 Å². The summed E-state index contributed by atoms with van der Waals surface area (Å²) in [5.41, 5.74) is 2.05. The average Bonchev–Trinajstić information content (AvgIpc) is 3.25. The molecule has 1 atom stereocenters. The lowest BCUT2D eigenvalue weighted by molar-refractivity contribution is -0.126. The van der Waals surface area contributed by atoms with Gasteiger partial charge in [0.1, 0.15) is 11.0 Å². The first-order valence-corrected chi connectivity index (χ1v) is 12.3. The number of fused-ring (bicyclic) bond motifs is 1. The molecular weight excluding hydrogens is 446 g/mol. The minimum absolute atomic E-state index is 0.0286. The standard InChI is InChI=1S/C22H27N5O5S/c1-17(7-8-18-5-3-2-4-6-18)23-22(28)16-32-27-21-15-19(9-10-20(21)24-25-27)33(29,30)26-11-13-31-14-12-26/h2-6,9-10,15,17H,7-8,11-14,16H2,1H3,(H,23,28)/t17-/m1/s1.